The second-order valence-electron chi connectivity index (χ2n) is 9.76. The molecular formula is C29H28N10O. The SMILES string of the molecule is Cn1cc(-c2cn3ncc(C#N)c3c(-c3ccc(N4CCN(C(=O)[C@@H](CN)c5ccccc5)CC4)nc3)n2)cn1. The van der Waals surface area contributed by atoms with Gasteiger partial charge in [-0.15, -0.1) is 0 Å². The van der Waals surface area contributed by atoms with E-state index in [-0.39, 0.29) is 18.4 Å². The van der Waals surface area contributed by atoms with Crippen molar-refractivity contribution in [2.45, 2.75) is 5.92 Å². The Morgan fingerprint density at radius 1 is 1.00 bits per heavy atom. The highest BCUT2D eigenvalue weighted by atomic mass is 16.2. The average Bonchev–Trinajstić information content (AvgIpc) is 3.64. The Morgan fingerprint density at radius 2 is 1.80 bits per heavy atom. The number of benzene rings is 1. The van der Waals surface area contributed by atoms with Gasteiger partial charge in [0, 0.05) is 63.3 Å². The van der Waals surface area contributed by atoms with E-state index in [0.29, 0.717) is 48.6 Å². The summed E-state index contributed by atoms with van der Waals surface area (Å²) < 4.78 is 3.39. The number of carbonyl (C=O) groups is 1. The molecule has 1 aromatic carbocycles. The number of aryl methyl sites for hydroxylation is 1. The third kappa shape index (κ3) is 4.65. The topological polar surface area (TPSA) is 134 Å². The highest BCUT2D eigenvalue weighted by Crippen LogP contribution is 2.29. The Labute approximate surface area is 231 Å². The molecule has 5 heterocycles. The van der Waals surface area contributed by atoms with Crippen molar-refractivity contribution in [3.05, 3.63) is 84.6 Å². The Morgan fingerprint density at radius 3 is 2.45 bits per heavy atom. The number of amides is 1. The van der Waals surface area contributed by atoms with Crippen molar-refractivity contribution in [1.82, 2.24) is 34.3 Å². The first kappa shape index (κ1) is 25.2. The average molecular weight is 533 g/mol. The molecule has 1 saturated heterocycles. The van der Waals surface area contributed by atoms with E-state index in [1.54, 1.807) is 34.0 Å². The normalized spacial score (nSPS) is 14.3. The zero-order valence-electron chi connectivity index (χ0n) is 22.1. The summed E-state index contributed by atoms with van der Waals surface area (Å²) in [4.78, 5) is 26.9. The van der Waals surface area contributed by atoms with Gasteiger partial charge in [0.25, 0.3) is 0 Å². The van der Waals surface area contributed by atoms with Crippen LogP contribution in [0.5, 0.6) is 0 Å². The first-order chi connectivity index (χ1) is 19.6. The van der Waals surface area contributed by atoms with Crippen molar-refractivity contribution >= 4 is 17.2 Å². The highest BCUT2D eigenvalue weighted by molar-refractivity contribution is 5.85. The van der Waals surface area contributed by atoms with Crippen molar-refractivity contribution in [2.24, 2.45) is 12.8 Å². The lowest BCUT2D eigenvalue weighted by Crippen LogP contribution is -2.51. The van der Waals surface area contributed by atoms with Gasteiger partial charge < -0.3 is 15.5 Å². The van der Waals surface area contributed by atoms with Crippen LogP contribution in [-0.2, 0) is 11.8 Å². The minimum atomic E-state index is -0.334. The molecule has 200 valence electrons. The summed E-state index contributed by atoms with van der Waals surface area (Å²) in [5.41, 5.74) is 10.9. The number of anilines is 1. The van der Waals surface area contributed by atoms with E-state index in [9.17, 15) is 10.1 Å². The number of fused-ring (bicyclic) bond motifs is 1. The molecule has 1 aliphatic heterocycles. The first-order valence-electron chi connectivity index (χ1n) is 13.1. The molecule has 0 unspecified atom stereocenters. The van der Waals surface area contributed by atoms with Crippen molar-refractivity contribution < 1.29 is 4.79 Å². The molecule has 2 N–H and O–H groups in total. The van der Waals surface area contributed by atoms with E-state index < -0.39 is 0 Å². The number of pyridine rings is 1. The molecule has 0 aliphatic carbocycles. The zero-order valence-corrected chi connectivity index (χ0v) is 22.1. The maximum Gasteiger partial charge on any atom is 0.231 e. The minimum Gasteiger partial charge on any atom is -0.353 e. The fraction of sp³-hybridized carbons (Fsp3) is 0.241. The molecule has 4 aromatic heterocycles. The number of hydrogen-bond donors (Lipinski definition) is 1. The molecule has 1 amide bonds. The van der Waals surface area contributed by atoms with Gasteiger partial charge in [-0.2, -0.15) is 15.5 Å². The molecule has 1 atom stereocenters. The number of nitrogens with two attached hydrogens (primary N) is 1. The lowest BCUT2D eigenvalue weighted by atomic mass is 9.97. The van der Waals surface area contributed by atoms with Gasteiger partial charge in [0.1, 0.15) is 23.0 Å². The number of hydrogen-bond acceptors (Lipinski definition) is 8. The van der Waals surface area contributed by atoms with Gasteiger partial charge in [0.2, 0.25) is 5.91 Å². The minimum absolute atomic E-state index is 0.0642. The lowest BCUT2D eigenvalue weighted by Gasteiger charge is -2.37. The van der Waals surface area contributed by atoms with Gasteiger partial charge in [-0.3, -0.25) is 9.48 Å². The van der Waals surface area contributed by atoms with E-state index in [0.717, 1.165) is 22.5 Å². The van der Waals surface area contributed by atoms with E-state index in [4.69, 9.17) is 15.7 Å². The molecule has 1 aliphatic rings. The molecule has 0 saturated carbocycles. The summed E-state index contributed by atoms with van der Waals surface area (Å²) in [5, 5.41) is 18.3. The molecule has 0 radical (unpaired) electrons. The van der Waals surface area contributed by atoms with Crippen LogP contribution < -0.4 is 10.6 Å². The van der Waals surface area contributed by atoms with Gasteiger partial charge >= 0.3 is 0 Å². The van der Waals surface area contributed by atoms with Crippen LogP contribution in [0.4, 0.5) is 5.82 Å². The summed E-state index contributed by atoms with van der Waals surface area (Å²) in [6.45, 7) is 2.82. The standard InChI is InChI=1S/C29H28N10O/c1-36-18-23(17-33-36)25-19-39-28(22(13-30)16-34-39)27(35-25)21-7-8-26(32-15-21)37-9-11-38(12-10-37)29(40)24(14-31)20-5-3-2-4-6-20/h2-8,15-19,24H,9-12,14,31H2,1H3/t24-/m0/s1. The summed E-state index contributed by atoms with van der Waals surface area (Å²) >= 11 is 0. The Hall–Kier alpha value is -5.08. The number of piperazine rings is 1. The van der Waals surface area contributed by atoms with E-state index in [1.807, 2.05) is 60.6 Å². The van der Waals surface area contributed by atoms with Gasteiger partial charge in [-0.25, -0.2) is 14.5 Å². The molecule has 40 heavy (non-hydrogen) atoms. The van der Waals surface area contributed by atoms with Gasteiger partial charge in [0.15, 0.2) is 0 Å². The Balaban J connectivity index is 1.22. The predicted molar refractivity (Wildman–Crippen MR) is 150 cm³/mol. The molecule has 11 heteroatoms. The van der Waals surface area contributed by atoms with Crippen molar-refractivity contribution in [2.75, 3.05) is 37.6 Å². The Kier molecular flexibility index (Phi) is 6.67. The number of carbonyl (C=O) groups excluding carboxylic acids is 1. The number of nitrogens with zero attached hydrogens (tertiary/aromatic N) is 9. The third-order valence-electron chi connectivity index (χ3n) is 7.29. The molecule has 5 aromatic rings. The van der Waals surface area contributed by atoms with E-state index in [1.165, 1.54) is 0 Å². The number of aromatic nitrogens is 6. The molecule has 1 fully saturated rings. The van der Waals surface area contributed by atoms with E-state index in [2.05, 4.69) is 21.2 Å². The summed E-state index contributed by atoms with van der Waals surface area (Å²) in [5.74, 6) is 0.552. The largest absolute Gasteiger partial charge is 0.353 e. The maximum absolute atomic E-state index is 13.2. The monoisotopic (exact) mass is 532 g/mol. The predicted octanol–water partition coefficient (Wildman–Crippen LogP) is 2.45. The smallest absolute Gasteiger partial charge is 0.231 e. The Bertz CT molecular complexity index is 1690. The van der Waals surface area contributed by atoms with Crippen LogP contribution in [-0.4, -0.2) is 72.9 Å². The van der Waals surface area contributed by atoms with Gasteiger partial charge in [-0.1, -0.05) is 30.3 Å². The summed E-state index contributed by atoms with van der Waals surface area (Å²) in [6.07, 6.45) is 8.74. The zero-order chi connectivity index (χ0) is 27.6. The number of nitriles is 1. The van der Waals surface area contributed by atoms with Crippen LogP contribution in [0, 0.1) is 11.3 Å². The fourth-order valence-electron chi connectivity index (χ4n) is 5.14. The molecule has 6 rings (SSSR count). The molecule has 0 spiro atoms. The van der Waals surface area contributed by atoms with Crippen molar-refractivity contribution in [1.29, 1.82) is 5.26 Å². The van der Waals surface area contributed by atoms with Crippen molar-refractivity contribution in [3.8, 4) is 28.6 Å². The van der Waals surface area contributed by atoms with E-state index >= 15 is 0 Å². The van der Waals surface area contributed by atoms with Crippen LogP contribution in [0.2, 0.25) is 0 Å². The lowest BCUT2D eigenvalue weighted by molar-refractivity contribution is -0.132. The second kappa shape index (κ2) is 10.6. The third-order valence-corrected chi connectivity index (χ3v) is 7.29. The molecular weight excluding hydrogens is 504 g/mol. The first-order valence-corrected chi connectivity index (χ1v) is 13.1. The second-order valence-corrected chi connectivity index (χ2v) is 9.76. The van der Waals surface area contributed by atoms with Crippen LogP contribution in [0.3, 0.4) is 0 Å². The quantitative estimate of drug-likeness (QED) is 0.352. The summed E-state index contributed by atoms with van der Waals surface area (Å²) in [6, 6.07) is 15.8. The molecule has 0 bridgehead atoms. The maximum atomic E-state index is 13.2. The summed E-state index contributed by atoms with van der Waals surface area (Å²) in [7, 11) is 1.85. The highest BCUT2D eigenvalue weighted by Gasteiger charge is 2.28. The fourth-order valence-corrected chi connectivity index (χ4v) is 5.14. The molecule has 11 nitrogen and oxygen atoms in total. The van der Waals surface area contributed by atoms with Crippen LogP contribution >= 0.6 is 0 Å². The van der Waals surface area contributed by atoms with Crippen LogP contribution in [0.15, 0.2) is 73.4 Å². The van der Waals surface area contributed by atoms with Gasteiger partial charge in [-0.05, 0) is 17.7 Å². The van der Waals surface area contributed by atoms with Gasteiger partial charge in [0.05, 0.1) is 35.9 Å². The van der Waals surface area contributed by atoms with Crippen molar-refractivity contribution in [3.63, 3.8) is 0 Å². The van der Waals surface area contributed by atoms with Crippen LogP contribution in [0.25, 0.3) is 28.0 Å². The van der Waals surface area contributed by atoms with Crippen LogP contribution in [0.1, 0.15) is 17.0 Å². The number of rotatable bonds is 6.